The summed E-state index contributed by atoms with van der Waals surface area (Å²) >= 11 is 0. The molecule has 1 heterocycles. The number of hydrogen-bond acceptors (Lipinski definition) is 4. The van der Waals surface area contributed by atoms with Crippen LogP contribution in [0.25, 0.3) is 0 Å². The molecule has 1 N–H and O–H groups in total. The van der Waals surface area contributed by atoms with Crippen LogP contribution in [0.15, 0.2) is 23.1 Å². The van der Waals surface area contributed by atoms with Crippen LogP contribution in [0.4, 0.5) is 13.2 Å². The van der Waals surface area contributed by atoms with Gasteiger partial charge in [0.1, 0.15) is 6.04 Å². The van der Waals surface area contributed by atoms with Crippen LogP contribution in [0.2, 0.25) is 0 Å². The van der Waals surface area contributed by atoms with Gasteiger partial charge < -0.3 is 10.0 Å². The van der Waals surface area contributed by atoms with Gasteiger partial charge >= 0.3 is 6.18 Å². The normalized spacial score (nSPS) is 19.7. The van der Waals surface area contributed by atoms with Crippen molar-refractivity contribution in [3.05, 3.63) is 23.1 Å². The van der Waals surface area contributed by atoms with E-state index in [0.29, 0.717) is 5.57 Å². The van der Waals surface area contributed by atoms with Gasteiger partial charge in [0.05, 0.1) is 0 Å². The lowest BCUT2D eigenvalue weighted by Gasteiger charge is -2.28. The smallest absolute Gasteiger partial charge is 0.408 e. The second-order valence-electron chi connectivity index (χ2n) is 4.87. The van der Waals surface area contributed by atoms with E-state index >= 15 is 0 Å². The zero-order valence-corrected chi connectivity index (χ0v) is 11.2. The molecule has 0 saturated carbocycles. The minimum atomic E-state index is -4.59. The molecule has 1 unspecified atom stereocenters. The number of halogens is 3. The molecule has 1 atom stereocenters. The van der Waals surface area contributed by atoms with Crippen LogP contribution in [0.3, 0.4) is 0 Å². The van der Waals surface area contributed by atoms with E-state index in [0.717, 1.165) is 11.1 Å². The van der Waals surface area contributed by atoms with Crippen molar-refractivity contribution >= 4 is 5.78 Å². The predicted molar refractivity (Wildman–Crippen MR) is 64.6 cm³/mol. The van der Waals surface area contributed by atoms with Crippen LogP contribution in [0, 0.1) is 0 Å². The molecular formula is C12H17F3N2O2. The first-order valence-electron chi connectivity index (χ1n) is 5.64. The molecule has 0 spiro atoms. The molecular weight excluding hydrogens is 261 g/mol. The largest absolute Gasteiger partial charge is 0.504 e. The number of hydrogen-bond donors (Lipinski definition) is 1. The minimum Gasteiger partial charge on any atom is -0.504 e. The highest BCUT2D eigenvalue weighted by Gasteiger charge is 2.47. The highest BCUT2D eigenvalue weighted by molar-refractivity contribution is 6.08. The highest BCUT2D eigenvalue weighted by Crippen LogP contribution is 2.31. The summed E-state index contributed by atoms with van der Waals surface area (Å²) in [5.74, 6) is -1.58. The van der Waals surface area contributed by atoms with Crippen molar-refractivity contribution in [1.82, 2.24) is 9.80 Å². The number of likely N-dealkylation sites (N-methyl/N-ethyl adjacent to an activating group) is 2. The Morgan fingerprint density at radius 2 is 1.95 bits per heavy atom. The molecule has 0 radical (unpaired) electrons. The Balaban J connectivity index is 3.33. The molecule has 7 heteroatoms. The summed E-state index contributed by atoms with van der Waals surface area (Å²) < 4.78 is 39.2. The molecule has 108 valence electrons. The van der Waals surface area contributed by atoms with Crippen LogP contribution in [0.1, 0.15) is 6.92 Å². The fraction of sp³-hybridized carbons (Fsp3) is 0.583. The van der Waals surface area contributed by atoms with Gasteiger partial charge in [-0.25, -0.2) is 0 Å². The molecule has 19 heavy (non-hydrogen) atoms. The van der Waals surface area contributed by atoms with E-state index in [1.807, 2.05) is 0 Å². The molecule has 0 fully saturated rings. The maximum Gasteiger partial charge on any atom is 0.408 e. The van der Waals surface area contributed by atoms with Crippen molar-refractivity contribution < 1.29 is 23.1 Å². The Labute approximate surface area is 109 Å². The number of aliphatic hydroxyl groups excluding tert-OH is 1. The SMILES string of the molecule is CC1=C(O)C(=O)C(C(N(C)C)C(F)(F)F)=CN(C)C1. The van der Waals surface area contributed by atoms with Gasteiger partial charge in [-0.3, -0.25) is 9.69 Å². The summed E-state index contributed by atoms with van der Waals surface area (Å²) in [4.78, 5) is 14.3. The van der Waals surface area contributed by atoms with Gasteiger partial charge in [0.25, 0.3) is 0 Å². The van der Waals surface area contributed by atoms with Crippen molar-refractivity contribution in [2.24, 2.45) is 0 Å². The maximum atomic E-state index is 13.1. The lowest BCUT2D eigenvalue weighted by atomic mass is 10.00. The fourth-order valence-corrected chi connectivity index (χ4v) is 2.06. The molecule has 0 aromatic heterocycles. The summed E-state index contributed by atoms with van der Waals surface area (Å²) in [6.45, 7) is 1.72. The van der Waals surface area contributed by atoms with E-state index in [1.165, 1.54) is 25.9 Å². The lowest BCUT2D eigenvalue weighted by Crippen LogP contribution is -2.45. The van der Waals surface area contributed by atoms with Crippen molar-refractivity contribution in [3.8, 4) is 0 Å². The van der Waals surface area contributed by atoms with E-state index in [-0.39, 0.29) is 6.54 Å². The van der Waals surface area contributed by atoms with Crippen molar-refractivity contribution in [1.29, 1.82) is 0 Å². The molecule has 4 nitrogen and oxygen atoms in total. The average molecular weight is 278 g/mol. The third kappa shape index (κ3) is 3.28. The Kier molecular flexibility index (Phi) is 4.29. The van der Waals surface area contributed by atoms with Gasteiger partial charge in [-0.2, -0.15) is 13.2 Å². The van der Waals surface area contributed by atoms with Gasteiger partial charge in [-0.05, 0) is 26.6 Å². The topological polar surface area (TPSA) is 43.8 Å². The number of nitrogens with zero attached hydrogens (tertiary/aromatic N) is 2. The lowest BCUT2D eigenvalue weighted by molar-refractivity contribution is -0.168. The molecule has 0 amide bonds. The molecule has 1 aliphatic rings. The Morgan fingerprint density at radius 3 is 2.37 bits per heavy atom. The first kappa shape index (κ1) is 15.6. The predicted octanol–water partition coefficient (Wildman–Crippen LogP) is 1.71. The van der Waals surface area contributed by atoms with Gasteiger partial charge in [0.15, 0.2) is 5.76 Å². The molecule has 1 aliphatic heterocycles. The van der Waals surface area contributed by atoms with E-state index < -0.39 is 29.3 Å². The van der Waals surface area contributed by atoms with E-state index in [2.05, 4.69) is 0 Å². The number of allylic oxidation sites excluding steroid dienone is 1. The second-order valence-corrected chi connectivity index (χ2v) is 4.87. The molecule has 0 aliphatic carbocycles. The molecule has 0 aromatic rings. The molecule has 1 rings (SSSR count). The quantitative estimate of drug-likeness (QED) is 0.835. The molecule has 0 bridgehead atoms. The summed E-state index contributed by atoms with van der Waals surface area (Å²) in [7, 11) is 4.04. The number of carbonyl (C=O) groups excluding carboxylic acids is 1. The van der Waals surface area contributed by atoms with Crippen LogP contribution in [-0.4, -0.2) is 60.6 Å². The third-order valence-corrected chi connectivity index (χ3v) is 2.85. The average Bonchev–Trinajstić information content (AvgIpc) is 2.30. The van der Waals surface area contributed by atoms with Gasteiger partial charge in [0, 0.05) is 25.4 Å². The number of aliphatic hydroxyl groups is 1. The zero-order valence-electron chi connectivity index (χ0n) is 11.2. The van der Waals surface area contributed by atoms with Crippen molar-refractivity contribution in [2.45, 2.75) is 19.1 Å². The van der Waals surface area contributed by atoms with Gasteiger partial charge in [-0.1, -0.05) is 0 Å². The molecule has 0 saturated heterocycles. The maximum absolute atomic E-state index is 13.1. The van der Waals surface area contributed by atoms with Crippen molar-refractivity contribution in [3.63, 3.8) is 0 Å². The number of alkyl halides is 3. The van der Waals surface area contributed by atoms with Gasteiger partial charge in [-0.15, -0.1) is 0 Å². The zero-order chi connectivity index (χ0) is 15.0. The van der Waals surface area contributed by atoms with E-state index in [1.54, 1.807) is 7.05 Å². The van der Waals surface area contributed by atoms with Crippen LogP contribution in [-0.2, 0) is 4.79 Å². The van der Waals surface area contributed by atoms with Crippen LogP contribution < -0.4 is 0 Å². The Hall–Kier alpha value is -1.50. The first-order valence-corrected chi connectivity index (χ1v) is 5.64. The Bertz CT molecular complexity index is 439. The third-order valence-electron chi connectivity index (χ3n) is 2.85. The number of Topliss-reactive ketones (excluding diaryl/α,β-unsaturated/α-hetero) is 1. The fourth-order valence-electron chi connectivity index (χ4n) is 2.06. The number of ketones is 1. The van der Waals surface area contributed by atoms with E-state index in [4.69, 9.17) is 0 Å². The van der Waals surface area contributed by atoms with Gasteiger partial charge in [0.2, 0.25) is 5.78 Å². The van der Waals surface area contributed by atoms with Crippen LogP contribution >= 0.6 is 0 Å². The second kappa shape index (κ2) is 5.24. The summed E-state index contributed by atoms with van der Waals surface area (Å²) in [6.07, 6.45) is -3.45. The molecule has 0 aromatic carbocycles. The summed E-state index contributed by atoms with van der Waals surface area (Å²) in [5.41, 5.74) is -0.132. The van der Waals surface area contributed by atoms with Crippen LogP contribution in [0.5, 0.6) is 0 Å². The van der Waals surface area contributed by atoms with E-state index in [9.17, 15) is 23.1 Å². The summed E-state index contributed by atoms with van der Waals surface area (Å²) in [5, 5.41) is 9.69. The van der Waals surface area contributed by atoms with Crippen molar-refractivity contribution in [2.75, 3.05) is 27.7 Å². The first-order chi connectivity index (χ1) is 8.55. The number of carbonyl (C=O) groups is 1. The Morgan fingerprint density at radius 1 is 1.42 bits per heavy atom. The minimum absolute atomic E-state index is 0.207. The number of rotatable bonds is 2. The highest BCUT2D eigenvalue weighted by atomic mass is 19.4. The summed E-state index contributed by atoms with van der Waals surface area (Å²) in [6, 6.07) is -2.05. The standard InChI is InChI=1S/C12H17F3N2O2/c1-7-5-17(4)6-8(10(19)9(7)18)11(16(2)3)12(13,14)15/h6,11,18H,5H2,1-4H3. The monoisotopic (exact) mass is 278 g/mol.